The molecule has 0 saturated heterocycles. The highest BCUT2D eigenvalue weighted by Crippen LogP contribution is 2.15. The van der Waals surface area contributed by atoms with Gasteiger partial charge in [-0.1, -0.05) is 32.6 Å². The van der Waals surface area contributed by atoms with Crippen LogP contribution in [-0.4, -0.2) is 48.3 Å². The average Bonchev–Trinajstić information content (AvgIpc) is 2.20. The summed E-state index contributed by atoms with van der Waals surface area (Å²) in [7, 11) is 4.32. The molecule has 0 aliphatic rings. The second-order valence-electron chi connectivity index (χ2n) is 5.93. The van der Waals surface area contributed by atoms with Crippen molar-refractivity contribution >= 4 is 11.6 Å². The number of unbranched alkanes of at least 4 members (excludes halogenated alkanes) is 3. The van der Waals surface area contributed by atoms with E-state index in [4.69, 9.17) is 11.6 Å². The Kier molecular flexibility index (Phi) is 13.1. The zero-order valence-corrected chi connectivity index (χ0v) is 14.0. The molecule has 0 aromatic heterocycles. The Labute approximate surface area is 125 Å². The molecule has 0 aliphatic carbocycles. The normalized spacial score (nSPS) is 15.0. The van der Waals surface area contributed by atoms with Gasteiger partial charge in [-0.2, -0.15) is 0 Å². The number of rotatable bonds is 10. The summed E-state index contributed by atoms with van der Waals surface area (Å²) in [4.78, 5) is 0. The van der Waals surface area contributed by atoms with E-state index in [1.54, 1.807) is 0 Å². The molecule has 0 aliphatic heterocycles. The molecule has 112 valence electrons. The van der Waals surface area contributed by atoms with E-state index < -0.39 is 0 Å². The lowest BCUT2D eigenvalue weighted by Crippen LogP contribution is -3.00. The van der Waals surface area contributed by atoms with Gasteiger partial charge >= 0.3 is 0 Å². The molecular formula is C14H31Cl2NO. The summed E-state index contributed by atoms with van der Waals surface area (Å²) in [5.41, 5.74) is 0. The molecule has 2 unspecified atom stereocenters. The Balaban J connectivity index is 0. The minimum atomic E-state index is -0.233. The number of quaternary nitrogens is 1. The molecule has 0 spiro atoms. The van der Waals surface area contributed by atoms with Gasteiger partial charge in [0.15, 0.2) is 0 Å². The molecule has 0 bridgehead atoms. The van der Waals surface area contributed by atoms with Gasteiger partial charge in [0.2, 0.25) is 0 Å². The van der Waals surface area contributed by atoms with Crippen LogP contribution in [0.1, 0.15) is 52.4 Å². The van der Waals surface area contributed by atoms with E-state index >= 15 is 0 Å². The summed E-state index contributed by atoms with van der Waals surface area (Å²) >= 11 is 6.33. The Morgan fingerprint density at radius 2 is 1.72 bits per heavy atom. The van der Waals surface area contributed by atoms with Gasteiger partial charge in [-0.25, -0.2) is 0 Å². The lowest BCUT2D eigenvalue weighted by molar-refractivity contribution is -0.893. The van der Waals surface area contributed by atoms with Crippen LogP contribution in [0, 0.1) is 0 Å². The third-order valence-corrected chi connectivity index (χ3v) is 3.61. The molecule has 0 saturated carbocycles. The van der Waals surface area contributed by atoms with E-state index in [1.165, 1.54) is 25.7 Å². The fourth-order valence-electron chi connectivity index (χ4n) is 2.23. The average molecular weight is 300 g/mol. The van der Waals surface area contributed by atoms with Gasteiger partial charge in [-0.05, 0) is 13.3 Å². The highest BCUT2D eigenvalue weighted by atomic mass is 35.5. The molecular weight excluding hydrogens is 269 g/mol. The summed E-state index contributed by atoms with van der Waals surface area (Å²) < 4.78 is 0.857. The van der Waals surface area contributed by atoms with Crippen molar-refractivity contribution in [2.45, 2.75) is 63.9 Å². The van der Waals surface area contributed by atoms with E-state index in [1.807, 2.05) is 6.92 Å². The van der Waals surface area contributed by atoms with Crippen LogP contribution >= 0.6 is 11.6 Å². The number of halogens is 2. The Morgan fingerprint density at radius 1 is 1.11 bits per heavy atom. The van der Waals surface area contributed by atoms with E-state index in [0.29, 0.717) is 5.38 Å². The van der Waals surface area contributed by atoms with Crippen molar-refractivity contribution in [3.05, 3.63) is 0 Å². The Morgan fingerprint density at radius 3 is 2.22 bits per heavy atom. The first-order chi connectivity index (χ1) is 7.87. The molecule has 0 heterocycles. The van der Waals surface area contributed by atoms with Crippen LogP contribution in [0.5, 0.6) is 0 Å². The number of aliphatic hydroxyl groups is 1. The highest BCUT2D eigenvalue weighted by Gasteiger charge is 2.19. The molecule has 4 heteroatoms. The van der Waals surface area contributed by atoms with E-state index in [-0.39, 0.29) is 18.5 Å². The quantitative estimate of drug-likeness (QED) is 0.352. The van der Waals surface area contributed by atoms with Gasteiger partial charge in [0.1, 0.15) is 12.6 Å². The number of aliphatic hydroxyl groups excluding tert-OH is 1. The van der Waals surface area contributed by atoms with Crippen LogP contribution in [-0.2, 0) is 0 Å². The van der Waals surface area contributed by atoms with E-state index in [9.17, 15) is 5.11 Å². The van der Waals surface area contributed by atoms with Crippen molar-refractivity contribution in [2.75, 3.05) is 27.2 Å². The summed E-state index contributed by atoms with van der Waals surface area (Å²) in [5, 5.41) is 9.71. The number of likely N-dealkylation sites (N-methyl/N-ethyl adjacent to an activating group) is 1. The summed E-state index contributed by atoms with van der Waals surface area (Å²) in [6.45, 7) is 5.93. The van der Waals surface area contributed by atoms with Crippen molar-refractivity contribution in [2.24, 2.45) is 0 Å². The van der Waals surface area contributed by atoms with Crippen LogP contribution < -0.4 is 12.4 Å². The molecule has 0 amide bonds. The van der Waals surface area contributed by atoms with E-state index in [2.05, 4.69) is 21.0 Å². The van der Waals surface area contributed by atoms with Crippen LogP contribution in [0.4, 0.5) is 0 Å². The zero-order chi connectivity index (χ0) is 13.3. The lowest BCUT2D eigenvalue weighted by atomic mass is 10.1. The van der Waals surface area contributed by atoms with Gasteiger partial charge in [0.25, 0.3) is 0 Å². The minimum Gasteiger partial charge on any atom is -1.00 e. The Bertz CT molecular complexity index is 187. The fourth-order valence-corrected chi connectivity index (χ4v) is 2.48. The zero-order valence-electron chi connectivity index (χ0n) is 12.5. The molecule has 0 aromatic carbocycles. The van der Waals surface area contributed by atoms with Crippen LogP contribution in [0.2, 0.25) is 0 Å². The molecule has 2 nitrogen and oxygen atoms in total. The first kappa shape index (κ1) is 20.8. The van der Waals surface area contributed by atoms with Crippen molar-refractivity contribution in [3.8, 4) is 0 Å². The standard InChI is InChI=1S/C14H31ClNO.ClH/c1-5-6-7-8-9-14(15)10-11-16(3,4)12-13(2)17;/h13-14,17H,5-12H2,1-4H3;1H/q+1;/p-1. The maximum absolute atomic E-state index is 9.41. The largest absolute Gasteiger partial charge is 1.00 e. The van der Waals surface area contributed by atoms with Crippen molar-refractivity contribution < 1.29 is 22.0 Å². The minimum absolute atomic E-state index is 0. The molecule has 0 aromatic rings. The molecule has 0 radical (unpaired) electrons. The van der Waals surface area contributed by atoms with Crippen LogP contribution in [0.15, 0.2) is 0 Å². The molecule has 0 rings (SSSR count). The molecule has 0 fully saturated rings. The summed E-state index contributed by atoms with van der Waals surface area (Å²) in [5.74, 6) is 0. The number of alkyl halides is 1. The predicted molar refractivity (Wildman–Crippen MR) is 76.5 cm³/mol. The third kappa shape index (κ3) is 12.9. The van der Waals surface area contributed by atoms with Crippen molar-refractivity contribution in [1.29, 1.82) is 0 Å². The third-order valence-electron chi connectivity index (χ3n) is 3.18. The first-order valence-corrected chi connectivity index (χ1v) is 7.45. The van der Waals surface area contributed by atoms with Crippen LogP contribution in [0.3, 0.4) is 0 Å². The lowest BCUT2D eigenvalue weighted by Gasteiger charge is -2.31. The van der Waals surface area contributed by atoms with Gasteiger partial charge in [-0.3, -0.25) is 0 Å². The van der Waals surface area contributed by atoms with Gasteiger partial charge < -0.3 is 22.0 Å². The topological polar surface area (TPSA) is 20.2 Å². The van der Waals surface area contributed by atoms with Gasteiger partial charge in [0.05, 0.1) is 20.6 Å². The highest BCUT2D eigenvalue weighted by molar-refractivity contribution is 6.20. The molecule has 2 atom stereocenters. The smallest absolute Gasteiger partial charge is 0.104 e. The number of hydrogen-bond acceptors (Lipinski definition) is 1. The second-order valence-corrected chi connectivity index (χ2v) is 6.54. The van der Waals surface area contributed by atoms with Crippen molar-refractivity contribution in [3.63, 3.8) is 0 Å². The van der Waals surface area contributed by atoms with Gasteiger partial charge in [-0.15, -0.1) is 11.6 Å². The summed E-state index contributed by atoms with van der Waals surface area (Å²) in [6.07, 6.45) is 7.13. The predicted octanol–water partition coefficient (Wildman–Crippen LogP) is 0.416. The maximum Gasteiger partial charge on any atom is 0.104 e. The fraction of sp³-hybridized carbons (Fsp3) is 1.00. The Hall–Kier alpha value is 0.500. The van der Waals surface area contributed by atoms with Gasteiger partial charge in [0, 0.05) is 11.8 Å². The number of hydrogen-bond donors (Lipinski definition) is 1. The molecule has 18 heavy (non-hydrogen) atoms. The monoisotopic (exact) mass is 299 g/mol. The SMILES string of the molecule is CCCCCCC(Cl)CC[N+](C)(C)CC(C)O.[Cl-]. The second kappa shape index (κ2) is 11.3. The maximum atomic E-state index is 9.41. The summed E-state index contributed by atoms with van der Waals surface area (Å²) in [6, 6.07) is 0. The van der Waals surface area contributed by atoms with E-state index in [0.717, 1.165) is 30.4 Å². The first-order valence-electron chi connectivity index (χ1n) is 7.01. The van der Waals surface area contributed by atoms with Crippen molar-refractivity contribution in [1.82, 2.24) is 0 Å². The molecule has 1 N–H and O–H groups in total. The van der Waals surface area contributed by atoms with Crippen LogP contribution in [0.25, 0.3) is 0 Å². The number of nitrogens with zero attached hydrogens (tertiary/aromatic N) is 1.